The molecule has 0 spiro atoms. The molecule has 1 aliphatic heterocycles. The van der Waals surface area contributed by atoms with Gasteiger partial charge in [0.05, 0.1) is 12.6 Å². The molecule has 0 N–H and O–H groups in total. The van der Waals surface area contributed by atoms with Crippen molar-refractivity contribution in [3.63, 3.8) is 0 Å². The minimum atomic E-state index is 0.0491. The van der Waals surface area contributed by atoms with E-state index in [1.165, 1.54) is 5.56 Å². The van der Waals surface area contributed by atoms with E-state index in [1.807, 2.05) is 36.5 Å². The van der Waals surface area contributed by atoms with Gasteiger partial charge < -0.3 is 4.74 Å². The monoisotopic (exact) mass is 360 g/mol. The molecule has 4 rings (SSSR count). The van der Waals surface area contributed by atoms with Crippen LogP contribution >= 0.6 is 0 Å². The number of hydrogen-bond donors (Lipinski definition) is 0. The highest BCUT2D eigenvalue weighted by Gasteiger charge is 2.26. The second kappa shape index (κ2) is 7.89. The predicted molar refractivity (Wildman–Crippen MR) is 107 cm³/mol. The number of likely N-dealkylation sites (tertiary alicyclic amines) is 1. The number of aromatic nitrogens is 1. The average molecular weight is 360 g/mol. The van der Waals surface area contributed by atoms with Crippen molar-refractivity contribution in [2.45, 2.75) is 19.4 Å². The summed E-state index contributed by atoms with van der Waals surface area (Å²) >= 11 is 0. The van der Waals surface area contributed by atoms with Crippen molar-refractivity contribution in [1.29, 1.82) is 0 Å². The van der Waals surface area contributed by atoms with Crippen molar-refractivity contribution in [3.05, 3.63) is 71.9 Å². The van der Waals surface area contributed by atoms with Crippen molar-refractivity contribution < 1.29 is 9.53 Å². The number of carbonyl (C=O) groups is 1. The number of hydrogen-bond acceptors (Lipinski definition) is 4. The van der Waals surface area contributed by atoms with E-state index in [9.17, 15) is 4.79 Å². The highest BCUT2D eigenvalue weighted by atomic mass is 16.5. The Morgan fingerprint density at radius 2 is 2.11 bits per heavy atom. The Morgan fingerprint density at radius 3 is 3.00 bits per heavy atom. The zero-order valence-corrected chi connectivity index (χ0v) is 15.6. The van der Waals surface area contributed by atoms with E-state index < -0.39 is 0 Å². The van der Waals surface area contributed by atoms with Crippen LogP contribution in [0, 0.1) is 5.92 Å². The fraction of sp³-hybridized carbons (Fsp3) is 0.304. The summed E-state index contributed by atoms with van der Waals surface area (Å²) in [4.78, 5) is 19.7. The number of fused-ring (bicyclic) bond motifs is 1. The Morgan fingerprint density at radius 1 is 1.19 bits per heavy atom. The summed E-state index contributed by atoms with van der Waals surface area (Å²) in [5.74, 6) is 1.01. The molecule has 1 saturated heterocycles. The molecule has 0 radical (unpaired) electrons. The summed E-state index contributed by atoms with van der Waals surface area (Å²) in [6.07, 6.45) is 3.82. The van der Waals surface area contributed by atoms with Crippen molar-refractivity contribution in [2.24, 2.45) is 5.92 Å². The maximum atomic E-state index is 13.0. The quantitative estimate of drug-likeness (QED) is 0.635. The van der Waals surface area contributed by atoms with Gasteiger partial charge in [-0.3, -0.25) is 14.7 Å². The van der Waals surface area contributed by atoms with Gasteiger partial charge in [-0.25, -0.2) is 0 Å². The third-order valence-electron chi connectivity index (χ3n) is 5.30. The first-order valence-electron chi connectivity index (χ1n) is 9.47. The zero-order chi connectivity index (χ0) is 18.6. The number of rotatable bonds is 5. The molecule has 1 aromatic heterocycles. The summed E-state index contributed by atoms with van der Waals surface area (Å²) in [7, 11) is 1.63. The van der Waals surface area contributed by atoms with Crippen molar-refractivity contribution in [3.8, 4) is 5.75 Å². The SMILES string of the molecule is COc1cccc(C(=O)[C@H]2CCCN(Cc3ccc4ncccc4c3)C2)c1. The lowest BCUT2D eigenvalue weighted by molar-refractivity contribution is 0.0811. The van der Waals surface area contributed by atoms with Gasteiger partial charge in [-0.15, -0.1) is 0 Å². The molecule has 2 aromatic carbocycles. The summed E-state index contributed by atoms with van der Waals surface area (Å²) in [5.41, 5.74) is 3.04. The third-order valence-corrected chi connectivity index (χ3v) is 5.30. The average Bonchev–Trinajstić information content (AvgIpc) is 2.73. The Labute approximate surface area is 159 Å². The van der Waals surface area contributed by atoms with Crippen LogP contribution < -0.4 is 4.74 Å². The number of nitrogens with zero attached hydrogens (tertiary/aromatic N) is 2. The Balaban J connectivity index is 1.46. The van der Waals surface area contributed by atoms with Crippen LogP contribution in [0.5, 0.6) is 5.75 Å². The van der Waals surface area contributed by atoms with Gasteiger partial charge in [0.25, 0.3) is 0 Å². The van der Waals surface area contributed by atoms with E-state index in [-0.39, 0.29) is 11.7 Å². The molecular weight excluding hydrogens is 336 g/mol. The number of pyridine rings is 1. The highest BCUT2D eigenvalue weighted by molar-refractivity contribution is 5.98. The fourth-order valence-electron chi connectivity index (χ4n) is 3.91. The summed E-state index contributed by atoms with van der Waals surface area (Å²) in [6.45, 7) is 2.71. The molecule has 4 nitrogen and oxygen atoms in total. The number of methoxy groups -OCH3 is 1. The number of piperidine rings is 1. The number of Topliss-reactive ketones (excluding diaryl/α,β-unsaturated/α-hetero) is 1. The number of ether oxygens (including phenoxy) is 1. The third kappa shape index (κ3) is 4.01. The molecule has 1 fully saturated rings. The van der Waals surface area contributed by atoms with Crippen molar-refractivity contribution >= 4 is 16.7 Å². The molecule has 4 heteroatoms. The Hall–Kier alpha value is -2.72. The van der Waals surface area contributed by atoms with Gasteiger partial charge in [0.1, 0.15) is 5.75 Å². The normalized spacial score (nSPS) is 17.7. The molecule has 1 aliphatic rings. The summed E-state index contributed by atoms with van der Waals surface area (Å²) in [5, 5.41) is 1.16. The van der Waals surface area contributed by atoms with E-state index in [0.717, 1.165) is 54.7 Å². The first-order chi connectivity index (χ1) is 13.2. The van der Waals surface area contributed by atoms with E-state index in [1.54, 1.807) is 7.11 Å². The van der Waals surface area contributed by atoms with Gasteiger partial charge in [-0.1, -0.05) is 24.3 Å². The molecule has 27 heavy (non-hydrogen) atoms. The number of carbonyl (C=O) groups excluding carboxylic acids is 1. The van der Waals surface area contributed by atoms with Crippen LogP contribution in [0.2, 0.25) is 0 Å². The minimum Gasteiger partial charge on any atom is -0.497 e. The fourth-order valence-corrected chi connectivity index (χ4v) is 3.91. The van der Waals surface area contributed by atoms with Crippen molar-refractivity contribution in [2.75, 3.05) is 20.2 Å². The first kappa shape index (κ1) is 17.7. The highest BCUT2D eigenvalue weighted by Crippen LogP contribution is 2.24. The number of ketones is 1. The van der Waals surface area contributed by atoms with Crippen molar-refractivity contribution in [1.82, 2.24) is 9.88 Å². The topological polar surface area (TPSA) is 42.4 Å². The Kier molecular flexibility index (Phi) is 5.16. The molecule has 0 aliphatic carbocycles. The molecule has 0 saturated carbocycles. The van der Waals surface area contributed by atoms with Crippen LogP contribution in [0.25, 0.3) is 10.9 Å². The van der Waals surface area contributed by atoms with E-state index in [4.69, 9.17) is 4.74 Å². The lowest BCUT2D eigenvalue weighted by atomic mass is 9.89. The zero-order valence-electron chi connectivity index (χ0n) is 15.6. The van der Waals surface area contributed by atoms with Gasteiger partial charge >= 0.3 is 0 Å². The van der Waals surface area contributed by atoms with Crippen LogP contribution in [0.3, 0.4) is 0 Å². The second-order valence-corrected chi connectivity index (χ2v) is 7.20. The van der Waals surface area contributed by atoms with Crippen LogP contribution in [-0.4, -0.2) is 35.9 Å². The maximum Gasteiger partial charge on any atom is 0.167 e. The molecule has 0 unspecified atom stereocenters. The second-order valence-electron chi connectivity index (χ2n) is 7.20. The van der Waals surface area contributed by atoms with Gasteiger partial charge in [0.15, 0.2) is 5.78 Å². The predicted octanol–water partition coefficient (Wildman–Crippen LogP) is 4.34. The maximum absolute atomic E-state index is 13.0. The molecule has 0 amide bonds. The molecule has 2 heterocycles. The standard InChI is InChI=1S/C23H24N2O2/c1-27-21-8-2-5-19(14-21)23(26)20-7-4-12-25(16-20)15-17-9-10-22-18(13-17)6-3-11-24-22/h2-3,5-6,8-11,13-14,20H,4,7,12,15-16H2,1H3/t20-/m0/s1. The lowest BCUT2D eigenvalue weighted by Crippen LogP contribution is -2.38. The largest absolute Gasteiger partial charge is 0.497 e. The molecule has 0 bridgehead atoms. The van der Waals surface area contributed by atoms with Gasteiger partial charge in [-0.05, 0) is 55.3 Å². The molecule has 3 aromatic rings. The van der Waals surface area contributed by atoms with Gasteiger partial charge in [0.2, 0.25) is 0 Å². The molecule has 1 atom stereocenters. The van der Waals surface area contributed by atoms with E-state index >= 15 is 0 Å². The van der Waals surface area contributed by atoms with Crippen LogP contribution in [-0.2, 0) is 6.54 Å². The van der Waals surface area contributed by atoms with Crippen LogP contribution in [0.4, 0.5) is 0 Å². The lowest BCUT2D eigenvalue weighted by Gasteiger charge is -2.32. The van der Waals surface area contributed by atoms with E-state index in [2.05, 4.69) is 34.1 Å². The van der Waals surface area contributed by atoms with Crippen LogP contribution in [0.1, 0.15) is 28.8 Å². The minimum absolute atomic E-state index is 0.0491. The smallest absolute Gasteiger partial charge is 0.167 e. The van der Waals surface area contributed by atoms with E-state index in [0.29, 0.717) is 0 Å². The van der Waals surface area contributed by atoms with Gasteiger partial charge in [0, 0.05) is 36.2 Å². The Bertz CT molecular complexity index is 954. The summed E-state index contributed by atoms with van der Waals surface area (Å²) < 4.78 is 5.26. The number of benzene rings is 2. The molecular formula is C23H24N2O2. The summed E-state index contributed by atoms with van der Waals surface area (Å²) in [6, 6.07) is 18.0. The van der Waals surface area contributed by atoms with Crippen LogP contribution in [0.15, 0.2) is 60.8 Å². The first-order valence-corrected chi connectivity index (χ1v) is 9.47. The molecule has 138 valence electrons. The van der Waals surface area contributed by atoms with Gasteiger partial charge in [-0.2, -0.15) is 0 Å².